The number of rotatable bonds is 1. The molecule has 2 N–H and O–H groups in total. The van der Waals surface area contributed by atoms with Crippen molar-refractivity contribution < 1.29 is 13.2 Å². The van der Waals surface area contributed by atoms with Gasteiger partial charge in [0.15, 0.2) is 0 Å². The molecule has 1 heterocycles. The van der Waals surface area contributed by atoms with Crippen molar-refractivity contribution in [3.05, 3.63) is 28.5 Å². The van der Waals surface area contributed by atoms with Crippen LogP contribution in [0.5, 0.6) is 0 Å². The fourth-order valence-electron chi connectivity index (χ4n) is 0.970. The summed E-state index contributed by atoms with van der Waals surface area (Å²) >= 11 is 5.51. The summed E-state index contributed by atoms with van der Waals surface area (Å²) in [6.45, 7) is 1.62. The van der Waals surface area contributed by atoms with Crippen molar-refractivity contribution in [2.45, 2.75) is 19.1 Å². The van der Waals surface area contributed by atoms with Gasteiger partial charge in [-0.2, -0.15) is 13.2 Å². The Hall–Kier alpha value is -0.810. The lowest BCUT2D eigenvalue weighted by atomic mass is 10.1. The molecule has 0 amide bonds. The van der Waals surface area contributed by atoms with Gasteiger partial charge in [0.25, 0.3) is 0 Å². The third kappa shape index (κ3) is 2.36. The summed E-state index contributed by atoms with van der Waals surface area (Å²) in [5, 5.41) is -0.208. The molecule has 0 bridgehead atoms. The molecule has 14 heavy (non-hydrogen) atoms. The average molecular weight is 225 g/mol. The van der Waals surface area contributed by atoms with Crippen molar-refractivity contribution in [3.63, 3.8) is 0 Å². The van der Waals surface area contributed by atoms with Crippen LogP contribution in [0.15, 0.2) is 12.3 Å². The lowest BCUT2D eigenvalue weighted by molar-refractivity contribution is -0.149. The molecular weight excluding hydrogens is 217 g/mol. The van der Waals surface area contributed by atoms with Gasteiger partial charge in [0.05, 0.1) is 0 Å². The Morgan fingerprint density at radius 3 is 2.57 bits per heavy atom. The lowest BCUT2D eigenvalue weighted by Crippen LogP contribution is -2.28. The van der Waals surface area contributed by atoms with E-state index in [2.05, 4.69) is 4.98 Å². The molecule has 0 aromatic carbocycles. The van der Waals surface area contributed by atoms with E-state index in [1.165, 1.54) is 12.3 Å². The van der Waals surface area contributed by atoms with Gasteiger partial charge in [0.2, 0.25) is 0 Å². The largest absolute Gasteiger partial charge is 0.407 e. The highest BCUT2D eigenvalue weighted by Gasteiger charge is 2.39. The summed E-state index contributed by atoms with van der Waals surface area (Å²) in [5.41, 5.74) is 5.38. The third-order valence-corrected chi connectivity index (χ3v) is 2.01. The topological polar surface area (TPSA) is 38.9 Å². The van der Waals surface area contributed by atoms with E-state index in [0.29, 0.717) is 5.56 Å². The predicted octanol–water partition coefficient (Wildman–Crippen LogP) is 2.61. The molecule has 2 nitrogen and oxygen atoms in total. The number of nitrogens with zero attached hydrogens (tertiary/aromatic N) is 1. The van der Waals surface area contributed by atoms with Crippen molar-refractivity contribution in [1.29, 1.82) is 0 Å². The van der Waals surface area contributed by atoms with Gasteiger partial charge >= 0.3 is 6.18 Å². The second kappa shape index (κ2) is 3.74. The molecular formula is C8H8ClF3N2. The Morgan fingerprint density at radius 1 is 1.50 bits per heavy atom. The van der Waals surface area contributed by atoms with Crippen LogP contribution in [0.1, 0.15) is 17.2 Å². The van der Waals surface area contributed by atoms with E-state index in [4.69, 9.17) is 17.3 Å². The Balaban J connectivity index is 3.12. The predicted molar refractivity (Wildman–Crippen MR) is 47.0 cm³/mol. The van der Waals surface area contributed by atoms with Crippen molar-refractivity contribution in [3.8, 4) is 0 Å². The van der Waals surface area contributed by atoms with Gasteiger partial charge in [0, 0.05) is 11.8 Å². The Bertz CT molecular complexity index is 338. The first kappa shape index (κ1) is 11.3. The Labute approximate surface area is 83.9 Å². The number of halogens is 4. The Kier molecular flexibility index (Phi) is 3.01. The molecule has 6 heteroatoms. The van der Waals surface area contributed by atoms with E-state index in [1.807, 2.05) is 0 Å². The van der Waals surface area contributed by atoms with Crippen molar-refractivity contribution in [2.75, 3.05) is 0 Å². The van der Waals surface area contributed by atoms with E-state index in [-0.39, 0.29) is 10.7 Å². The average Bonchev–Trinajstić information content (AvgIpc) is 2.06. The summed E-state index contributed by atoms with van der Waals surface area (Å²) in [6, 6.07) is -0.796. The summed E-state index contributed by atoms with van der Waals surface area (Å²) < 4.78 is 36.7. The van der Waals surface area contributed by atoms with Gasteiger partial charge in [-0.3, -0.25) is 0 Å². The zero-order chi connectivity index (χ0) is 10.9. The van der Waals surface area contributed by atoms with Gasteiger partial charge in [-0.15, -0.1) is 0 Å². The zero-order valence-corrected chi connectivity index (χ0v) is 8.02. The van der Waals surface area contributed by atoms with Gasteiger partial charge in [-0.1, -0.05) is 11.6 Å². The van der Waals surface area contributed by atoms with E-state index in [1.54, 1.807) is 6.92 Å². The van der Waals surface area contributed by atoms with E-state index < -0.39 is 12.2 Å². The zero-order valence-electron chi connectivity index (χ0n) is 7.27. The first-order chi connectivity index (χ1) is 6.32. The summed E-state index contributed by atoms with van der Waals surface area (Å²) in [6.07, 6.45) is -3.12. The number of aryl methyl sites for hydroxylation is 1. The standard InChI is InChI=1S/C8H8ClF3N2/c1-4-2-5(7(9)14-3-4)6(13)8(10,11)12/h2-3,6H,13H2,1H3/t6-/m1/s1. The van der Waals surface area contributed by atoms with Gasteiger partial charge in [-0.25, -0.2) is 4.98 Å². The van der Waals surface area contributed by atoms with Crippen LogP contribution in [0.3, 0.4) is 0 Å². The van der Waals surface area contributed by atoms with E-state index in [0.717, 1.165) is 0 Å². The van der Waals surface area contributed by atoms with Crippen molar-refractivity contribution >= 4 is 11.6 Å². The van der Waals surface area contributed by atoms with Crippen LogP contribution >= 0.6 is 11.6 Å². The maximum Gasteiger partial charge on any atom is 0.407 e. The summed E-state index contributed by atoms with van der Waals surface area (Å²) in [4.78, 5) is 3.60. The number of aromatic nitrogens is 1. The van der Waals surface area contributed by atoms with Crippen molar-refractivity contribution in [1.82, 2.24) is 4.98 Å². The second-order valence-electron chi connectivity index (χ2n) is 2.91. The van der Waals surface area contributed by atoms with Crippen LogP contribution in [-0.4, -0.2) is 11.2 Å². The number of nitrogens with two attached hydrogens (primary N) is 1. The highest BCUT2D eigenvalue weighted by atomic mass is 35.5. The van der Waals surface area contributed by atoms with Crippen LogP contribution in [0.2, 0.25) is 5.15 Å². The van der Waals surface area contributed by atoms with Crippen LogP contribution in [-0.2, 0) is 0 Å². The highest BCUT2D eigenvalue weighted by molar-refractivity contribution is 6.30. The summed E-state index contributed by atoms with van der Waals surface area (Å²) in [5.74, 6) is 0. The fourth-order valence-corrected chi connectivity index (χ4v) is 1.19. The molecule has 1 aromatic heterocycles. The van der Waals surface area contributed by atoms with Gasteiger partial charge < -0.3 is 5.73 Å². The van der Waals surface area contributed by atoms with Crippen molar-refractivity contribution in [2.24, 2.45) is 5.73 Å². The number of hydrogen-bond donors (Lipinski definition) is 1. The second-order valence-corrected chi connectivity index (χ2v) is 3.27. The molecule has 0 unspecified atom stereocenters. The Morgan fingerprint density at radius 2 is 2.07 bits per heavy atom. The molecule has 0 fully saturated rings. The molecule has 0 aliphatic heterocycles. The molecule has 1 rings (SSSR count). The molecule has 0 saturated heterocycles. The van der Waals surface area contributed by atoms with Gasteiger partial charge in [-0.05, 0) is 18.6 Å². The smallest absolute Gasteiger partial charge is 0.316 e. The minimum atomic E-state index is -4.50. The monoisotopic (exact) mass is 224 g/mol. The molecule has 0 saturated carbocycles. The molecule has 0 aliphatic carbocycles. The van der Waals surface area contributed by atoms with E-state index in [9.17, 15) is 13.2 Å². The van der Waals surface area contributed by atoms with Crippen LogP contribution in [0, 0.1) is 6.92 Å². The maximum absolute atomic E-state index is 12.2. The van der Waals surface area contributed by atoms with Gasteiger partial charge in [0.1, 0.15) is 11.2 Å². The minimum absolute atomic E-state index is 0.195. The van der Waals surface area contributed by atoms with Crippen LogP contribution in [0.25, 0.3) is 0 Å². The fraction of sp³-hybridized carbons (Fsp3) is 0.375. The molecule has 0 spiro atoms. The maximum atomic E-state index is 12.2. The SMILES string of the molecule is Cc1cnc(Cl)c([C@@H](N)C(F)(F)F)c1. The first-order valence-corrected chi connectivity index (χ1v) is 4.14. The number of pyridine rings is 1. The number of alkyl halides is 3. The molecule has 78 valence electrons. The molecule has 1 aromatic rings. The third-order valence-electron chi connectivity index (χ3n) is 1.69. The molecule has 0 aliphatic rings. The molecule has 1 atom stereocenters. The lowest BCUT2D eigenvalue weighted by Gasteiger charge is -2.16. The molecule has 0 radical (unpaired) electrons. The number of hydrogen-bond acceptors (Lipinski definition) is 2. The quantitative estimate of drug-likeness (QED) is 0.745. The minimum Gasteiger partial charge on any atom is -0.316 e. The highest BCUT2D eigenvalue weighted by Crippen LogP contribution is 2.33. The van der Waals surface area contributed by atoms with E-state index >= 15 is 0 Å². The normalized spacial score (nSPS) is 14.1. The van der Waals surface area contributed by atoms with Crippen LogP contribution < -0.4 is 5.73 Å². The summed E-state index contributed by atoms with van der Waals surface area (Å²) in [7, 11) is 0. The van der Waals surface area contributed by atoms with Crippen LogP contribution in [0.4, 0.5) is 13.2 Å². The first-order valence-electron chi connectivity index (χ1n) is 3.76.